The maximum Gasteiger partial charge on any atom is 0.0624 e. The first kappa shape index (κ1) is 10.4. The lowest BCUT2D eigenvalue weighted by Crippen LogP contribution is -2.36. The summed E-state index contributed by atoms with van der Waals surface area (Å²) < 4.78 is 5.78. The molecule has 2 heteroatoms. The standard InChI is InChI=1S/C12H22O2/c1-9-3-2-4-10(5-9)8-14-12-6-11(13)7-12/h9-13H,2-8H2,1H3. The molecule has 0 heterocycles. The van der Waals surface area contributed by atoms with Crippen LogP contribution < -0.4 is 0 Å². The molecule has 2 atom stereocenters. The average Bonchev–Trinajstić information content (AvgIpc) is 2.11. The molecule has 0 aromatic heterocycles. The van der Waals surface area contributed by atoms with Gasteiger partial charge in [-0.25, -0.2) is 0 Å². The van der Waals surface area contributed by atoms with Crippen molar-refractivity contribution in [2.45, 2.75) is 57.7 Å². The second kappa shape index (κ2) is 4.63. The molecule has 0 spiro atoms. The van der Waals surface area contributed by atoms with Crippen LogP contribution >= 0.6 is 0 Å². The van der Waals surface area contributed by atoms with E-state index in [1.54, 1.807) is 0 Å². The van der Waals surface area contributed by atoms with Crippen LogP contribution in [0.15, 0.2) is 0 Å². The molecule has 2 aliphatic rings. The van der Waals surface area contributed by atoms with Gasteiger partial charge >= 0.3 is 0 Å². The molecule has 0 radical (unpaired) electrons. The quantitative estimate of drug-likeness (QED) is 0.754. The smallest absolute Gasteiger partial charge is 0.0624 e. The molecular formula is C12H22O2. The lowest BCUT2D eigenvalue weighted by atomic mass is 9.83. The summed E-state index contributed by atoms with van der Waals surface area (Å²) in [4.78, 5) is 0. The lowest BCUT2D eigenvalue weighted by molar-refractivity contribution is -0.0840. The van der Waals surface area contributed by atoms with Crippen LogP contribution in [-0.2, 0) is 4.74 Å². The number of hydrogen-bond donors (Lipinski definition) is 1. The van der Waals surface area contributed by atoms with E-state index in [4.69, 9.17) is 9.84 Å². The van der Waals surface area contributed by atoms with Crippen LogP contribution in [0.3, 0.4) is 0 Å². The maximum absolute atomic E-state index is 9.12. The highest BCUT2D eigenvalue weighted by Crippen LogP contribution is 2.30. The van der Waals surface area contributed by atoms with Gasteiger partial charge in [0.05, 0.1) is 12.2 Å². The Hall–Kier alpha value is -0.0800. The van der Waals surface area contributed by atoms with E-state index in [0.29, 0.717) is 6.10 Å². The van der Waals surface area contributed by atoms with Gasteiger partial charge in [0, 0.05) is 6.61 Å². The number of aliphatic hydroxyl groups excluding tert-OH is 1. The van der Waals surface area contributed by atoms with Gasteiger partial charge in [0.2, 0.25) is 0 Å². The second-order valence-corrected chi connectivity index (χ2v) is 5.22. The molecule has 0 aromatic carbocycles. The van der Waals surface area contributed by atoms with E-state index in [1.807, 2.05) is 0 Å². The van der Waals surface area contributed by atoms with Crippen molar-refractivity contribution in [3.05, 3.63) is 0 Å². The minimum atomic E-state index is -0.0784. The fraction of sp³-hybridized carbons (Fsp3) is 1.00. The number of aliphatic hydroxyl groups is 1. The third-order valence-corrected chi connectivity index (χ3v) is 3.68. The fourth-order valence-electron chi connectivity index (χ4n) is 2.66. The second-order valence-electron chi connectivity index (χ2n) is 5.22. The Bertz CT molecular complexity index is 175. The highest BCUT2D eigenvalue weighted by atomic mass is 16.5. The average molecular weight is 198 g/mol. The zero-order chi connectivity index (χ0) is 9.97. The Morgan fingerprint density at radius 1 is 1.21 bits per heavy atom. The molecule has 2 unspecified atom stereocenters. The molecule has 0 aromatic rings. The first-order valence-electron chi connectivity index (χ1n) is 6.03. The van der Waals surface area contributed by atoms with E-state index in [9.17, 15) is 0 Å². The zero-order valence-corrected chi connectivity index (χ0v) is 9.11. The third-order valence-electron chi connectivity index (χ3n) is 3.68. The molecule has 1 N–H and O–H groups in total. The summed E-state index contributed by atoms with van der Waals surface area (Å²) in [5.41, 5.74) is 0. The molecule has 14 heavy (non-hydrogen) atoms. The summed E-state index contributed by atoms with van der Waals surface area (Å²) in [6.45, 7) is 3.28. The predicted octanol–water partition coefficient (Wildman–Crippen LogP) is 2.35. The first-order valence-corrected chi connectivity index (χ1v) is 6.03. The predicted molar refractivity (Wildman–Crippen MR) is 56.1 cm³/mol. The van der Waals surface area contributed by atoms with Crippen molar-refractivity contribution in [3.8, 4) is 0 Å². The van der Waals surface area contributed by atoms with Crippen LogP contribution in [0.1, 0.15) is 45.4 Å². The summed E-state index contributed by atoms with van der Waals surface area (Å²) in [6, 6.07) is 0. The SMILES string of the molecule is CC1CCCC(COC2CC(O)C2)C1. The number of rotatable bonds is 3. The zero-order valence-electron chi connectivity index (χ0n) is 9.11. The summed E-state index contributed by atoms with van der Waals surface area (Å²) in [7, 11) is 0. The first-order chi connectivity index (χ1) is 6.74. The van der Waals surface area contributed by atoms with Gasteiger partial charge in [0.15, 0.2) is 0 Å². The van der Waals surface area contributed by atoms with Crippen molar-refractivity contribution in [1.82, 2.24) is 0 Å². The van der Waals surface area contributed by atoms with E-state index < -0.39 is 0 Å². The van der Waals surface area contributed by atoms with Crippen molar-refractivity contribution in [1.29, 1.82) is 0 Å². The van der Waals surface area contributed by atoms with Crippen LogP contribution in [0, 0.1) is 11.8 Å². The van der Waals surface area contributed by atoms with Gasteiger partial charge in [0.1, 0.15) is 0 Å². The molecule has 2 saturated carbocycles. The van der Waals surface area contributed by atoms with Crippen LogP contribution in [0.4, 0.5) is 0 Å². The fourth-order valence-corrected chi connectivity index (χ4v) is 2.66. The Morgan fingerprint density at radius 2 is 2.00 bits per heavy atom. The van der Waals surface area contributed by atoms with Crippen LogP contribution in [0.2, 0.25) is 0 Å². The third kappa shape index (κ3) is 2.71. The van der Waals surface area contributed by atoms with E-state index in [0.717, 1.165) is 31.3 Å². The van der Waals surface area contributed by atoms with Crippen molar-refractivity contribution < 1.29 is 9.84 Å². The molecule has 2 nitrogen and oxygen atoms in total. The van der Waals surface area contributed by atoms with Crippen LogP contribution in [0.25, 0.3) is 0 Å². The van der Waals surface area contributed by atoms with E-state index in [-0.39, 0.29) is 6.10 Å². The van der Waals surface area contributed by atoms with Gasteiger partial charge in [-0.2, -0.15) is 0 Å². The topological polar surface area (TPSA) is 29.5 Å². The van der Waals surface area contributed by atoms with Crippen molar-refractivity contribution >= 4 is 0 Å². The Labute approximate surface area is 86.6 Å². The Morgan fingerprint density at radius 3 is 2.64 bits per heavy atom. The van der Waals surface area contributed by atoms with Crippen molar-refractivity contribution in [3.63, 3.8) is 0 Å². The van der Waals surface area contributed by atoms with Gasteiger partial charge in [0.25, 0.3) is 0 Å². The van der Waals surface area contributed by atoms with Crippen LogP contribution in [0.5, 0.6) is 0 Å². The van der Waals surface area contributed by atoms with Crippen molar-refractivity contribution in [2.75, 3.05) is 6.61 Å². The maximum atomic E-state index is 9.12. The molecule has 0 bridgehead atoms. The van der Waals surface area contributed by atoms with Gasteiger partial charge in [-0.3, -0.25) is 0 Å². The molecule has 0 aliphatic heterocycles. The summed E-state index contributed by atoms with van der Waals surface area (Å²) >= 11 is 0. The molecule has 82 valence electrons. The summed E-state index contributed by atoms with van der Waals surface area (Å²) in [5.74, 6) is 1.68. The van der Waals surface area contributed by atoms with E-state index in [1.165, 1.54) is 25.7 Å². The monoisotopic (exact) mass is 198 g/mol. The van der Waals surface area contributed by atoms with Gasteiger partial charge in [-0.05, 0) is 37.5 Å². The highest BCUT2D eigenvalue weighted by Gasteiger charge is 2.29. The molecular weight excluding hydrogens is 176 g/mol. The van der Waals surface area contributed by atoms with E-state index >= 15 is 0 Å². The molecule has 2 fully saturated rings. The summed E-state index contributed by atoms with van der Waals surface area (Å²) in [5, 5.41) is 9.12. The van der Waals surface area contributed by atoms with E-state index in [2.05, 4.69) is 6.92 Å². The van der Waals surface area contributed by atoms with Gasteiger partial charge < -0.3 is 9.84 Å². The minimum absolute atomic E-state index is 0.0784. The largest absolute Gasteiger partial charge is 0.393 e. The molecule has 2 aliphatic carbocycles. The Kier molecular flexibility index (Phi) is 3.45. The lowest BCUT2D eigenvalue weighted by Gasteiger charge is -2.34. The van der Waals surface area contributed by atoms with Gasteiger partial charge in [-0.15, -0.1) is 0 Å². The molecule has 0 saturated heterocycles. The highest BCUT2D eigenvalue weighted by molar-refractivity contribution is 4.80. The Balaban J connectivity index is 1.60. The molecule has 0 amide bonds. The normalized spacial score (nSPS) is 43.3. The summed E-state index contributed by atoms with van der Waals surface area (Å²) in [6.07, 6.45) is 7.48. The minimum Gasteiger partial charge on any atom is -0.393 e. The molecule has 2 rings (SSSR count). The van der Waals surface area contributed by atoms with Gasteiger partial charge in [-0.1, -0.05) is 19.8 Å². The number of ether oxygens (including phenoxy) is 1. The van der Waals surface area contributed by atoms with Crippen LogP contribution in [-0.4, -0.2) is 23.9 Å². The van der Waals surface area contributed by atoms with Crippen molar-refractivity contribution in [2.24, 2.45) is 11.8 Å². The number of hydrogen-bond acceptors (Lipinski definition) is 2.